The van der Waals surface area contributed by atoms with Crippen molar-refractivity contribution in [1.29, 1.82) is 0 Å². The smallest absolute Gasteiger partial charge is 0.408 e. The molecule has 0 spiro atoms. The lowest BCUT2D eigenvalue weighted by Crippen LogP contribution is -2.56. The molecule has 3 unspecified atom stereocenters. The first kappa shape index (κ1) is 26.9. The maximum absolute atomic E-state index is 13.4. The quantitative estimate of drug-likeness (QED) is 0.419. The van der Waals surface area contributed by atoms with Crippen LogP contribution < -0.4 is 5.32 Å². The molecule has 0 aromatic heterocycles. The molecule has 3 N–H and O–H groups in total. The maximum atomic E-state index is 13.4. The molecule has 2 amide bonds. The molecular formula is C22H38N2O7. The van der Waals surface area contributed by atoms with Crippen LogP contribution in [0.3, 0.4) is 0 Å². The third-order valence-electron chi connectivity index (χ3n) is 5.21. The Labute approximate surface area is 184 Å². The van der Waals surface area contributed by atoms with Gasteiger partial charge in [0.2, 0.25) is 5.91 Å². The molecule has 0 radical (unpaired) electrons. The zero-order valence-corrected chi connectivity index (χ0v) is 19.3. The minimum absolute atomic E-state index is 0.0507. The molecule has 5 atom stereocenters. The number of alkyl carbamates (subject to hydrolysis) is 1. The minimum atomic E-state index is -1.19. The van der Waals surface area contributed by atoms with Gasteiger partial charge in [0.15, 0.2) is 0 Å². The number of ether oxygens (including phenoxy) is 2. The highest BCUT2D eigenvalue weighted by Crippen LogP contribution is 2.26. The molecule has 9 heteroatoms. The molecule has 0 saturated carbocycles. The Morgan fingerprint density at radius 1 is 1.32 bits per heavy atom. The summed E-state index contributed by atoms with van der Waals surface area (Å²) in [5, 5.41) is 22.1. The van der Waals surface area contributed by atoms with Crippen molar-refractivity contribution < 1.29 is 34.1 Å². The lowest BCUT2D eigenvalue weighted by Gasteiger charge is -2.33. The second kappa shape index (κ2) is 12.0. The summed E-state index contributed by atoms with van der Waals surface area (Å²) in [7, 11) is 1.51. The Hall–Kier alpha value is -2.13. The van der Waals surface area contributed by atoms with Gasteiger partial charge in [-0.3, -0.25) is 4.79 Å². The van der Waals surface area contributed by atoms with E-state index in [1.165, 1.54) is 7.11 Å². The molecule has 0 aromatic rings. The number of allylic oxidation sites excluding steroid dienone is 1. The summed E-state index contributed by atoms with van der Waals surface area (Å²) in [5.74, 6) is -1.94. The Kier molecular flexibility index (Phi) is 10.5. The second-order valence-corrected chi connectivity index (χ2v) is 9.28. The molecule has 178 valence electrons. The number of methoxy groups -OCH3 is 1. The molecule has 1 aliphatic rings. The van der Waals surface area contributed by atoms with E-state index < -0.39 is 47.7 Å². The number of hydrogen-bond acceptors (Lipinski definition) is 6. The first-order valence-electron chi connectivity index (χ1n) is 10.7. The number of carbonyl (C=O) groups excluding carboxylic acids is 2. The number of nitrogens with one attached hydrogen (secondary N) is 1. The zero-order chi connectivity index (χ0) is 23.8. The third kappa shape index (κ3) is 8.86. The number of amides is 2. The van der Waals surface area contributed by atoms with Gasteiger partial charge < -0.3 is 29.9 Å². The number of rotatable bonds is 11. The number of likely N-dealkylation sites (tertiary alicyclic amines) is 1. The van der Waals surface area contributed by atoms with Gasteiger partial charge >= 0.3 is 12.1 Å². The number of carboxylic acids is 1. The predicted octanol–water partition coefficient (Wildman–Crippen LogP) is 2.18. The fourth-order valence-electron chi connectivity index (χ4n) is 3.84. The third-order valence-corrected chi connectivity index (χ3v) is 5.21. The van der Waals surface area contributed by atoms with Crippen LogP contribution in [0.25, 0.3) is 0 Å². The maximum Gasteiger partial charge on any atom is 0.408 e. The zero-order valence-electron chi connectivity index (χ0n) is 19.3. The van der Waals surface area contributed by atoms with Gasteiger partial charge in [0.1, 0.15) is 17.7 Å². The van der Waals surface area contributed by atoms with Gasteiger partial charge in [0.25, 0.3) is 0 Å². The minimum Gasteiger partial charge on any atom is -0.480 e. The summed E-state index contributed by atoms with van der Waals surface area (Å²) in [5.41, 5.74) is -0.765. The van der Waals surface area contributed by atoms with Crippen LogP contribution in [0.15, 0.2) is 12.7 Å². The molecule has 0 aromatic carbocycles. The highest BCUT2D eigenvalue weighted by atomic mass is 16.6. The van der Waals surface area contributed by atoms with E-state index >= 15 is 0 Å². The van der Waals surface area contributed by atoms with Crippen molar-refractivity contribution in [3.8, 4) is 0 Å². The molecule has 1 fully saturated rings. The molecule has 1 heterocycles. The average Bonchev–Trinajstić information content (AvgIpc) is 3.04. The number of aliphatic hydroxyl groups is 1. The van der Waals surface area contributed by atoms with Crippen LogP contribution in [-0.4, -0.2) is 77.1 Å². The van der Waals surface area contributed by atoms with E-state index in [1.54, 1.807) is 20.8 Å². The van der Waals surface area contributed by atoms with E-state index in [9.17, 15) is 24.6 Å². The van der Waals surface area contributed by atoms with Crippen molar-refractivity contribution in [2.75, 3.05) is 20.3 Å². The van der Waals surface area contributed by atoms with Crippen LogP contribution in [0.1, 0.15) is 53.4 Å². The van der Waals surface area contributed by atoms with Crippen molar-refractivity contribution in [3.05, 3.63) is 12.7 Å². The van der Waals surface area contributed by atoms with Crippen LogP contribution in [0.5, 0.6) is 0 Å². The Morgan fingerprint density at radius 2 is 1.97 bits per heavy atom. The van der Waals surface area contributed by atoms with Gasteiger partial charge in [0, 0.05) is 26.0 Å². The number of β-amino-alcohol motifs (C(OH)–C–C–N with tert-alkyl or cyclic N) is 1. The van der Waals surface area contributed by atoms with E-state index in [0.29, 0.717) is 6.42 Å². The fourth-order valence-corrected chi connectivity index (χ4v) is 3.84. The molecule has 0 aliphatic carbocycles. The van der Waals surface area contributed by atoms with Crippen molar-refractivity contribution >= 4 is 18.0 Å². The van der Waals surface area contributed by atoms with E-state index in [4.69, 9.17) is 9.47 Å². The largest absolute Gasteiger partial charge is 0.480 e. The van der Waals surface area contributed by atoms with Gasteiger partial charge in [-0.05, 0) is 46.0 Å². The molecule has 31 heavy (non-hydrogen) atoms. The summed E-state index contributed by atoms with van der Waals surface area (Å²) in [6.07, 6.45) is 2.33. The van der Waals surface area contributed by atoms with Crippen LogP contribution in [0.4, 0.5) is 4.79 Å². The standard InChI is InChI=1S/C22H38N2O7/c1-7-8-9-14(2)10-15(13-30-6)18(23-21(29)31-22(3,4)5)19(26)24-12-16(25)11-17(24)20(27)28/h7,14-18,25H,1,8-13H2,2-6H3,(H,23,29)(H,27,28)/t14?,15-,16?,17?,18-/m0/s1. The van der Waals surface area contributed by atoms with Crippen molar-refractivity contribution in [3.63, 3.8) is 0 Å². The van der Waals surface area contributed by atoms with E-state index in [1.807, 2.05) is 13.0 Å². The average molecular weight is 443 g/mol. The van der Waals surface area contributed by atoms with E-state index in [0.717, 1.165) is 17.7 Å². The fraction of sp³-hybridized carbons (Fsp3) is 0.773. The first-order chi connectivity index (χ1) is 14.4. The van der Waals surface area contributed by atoms with Crippen LogP contribution in [0, 0.1) is 11.8 Å². The number of nitrogens with zero attached hydrogens (tertiary/aromatic N) is 1. The summed E-state index contributed by atoms with van der Waals surface area (Å²) in [6.45, 7) is 11.0. The second-order valence-electron chi connectivity index (χ2n) is 9.28. The van der Waals surface area contributed by atoms with Gasteiger partial charge in [-0.1, -0.05) is 13.0 Å². The number of carbonyl (C=O) groups is 3. The monoisotopic (exact) mass is 442 g/mol. The Morgan fingerprint density at radius 3 is 2.48 bits per heavy atom. The van der Waals surface area contributed by atoms with Gasteiger partial charge in [0.05, 0.1) is 12.7 Å². The summed E-state index contributed by atoms with van der Waals surface area (Å²) in [4.78, 5) is 38.7. The van der Waals surface area contributed by atoms with Crippen LogP contribution in [0.2, 0.25) is 0 Å². The van der Waals surface area contributed by atoms with Crippen molar-refractivity contribution in [1.82, 2.24) is 10.2 Å². The van der Waals surface area contributed by atoms with Crippen molar-refractivity contribution in [2.45, 2.75) is 77.2 Å². The normalized spacial score (nSPS) is 21.8. The van der Waals surface area contributed by atoms with Crippen LogP contribution >= 0.6 is 0 Å². The summed E-state index contributed by atoms with van der Waals surface area (Å²) in [6, 6.07) is -2.19. The number of carboxylic acid groups (broad SMARTS) is 1. The van der Waals surface area contributed by atoms with E-state index in [-0.39, 0.29) is 25.5 Å². The molecule has 1 saturated heterocycles. The molecular weight excluding hydrogens is 404 g/mol. The Balaban J connectivity index is 3.17. The first-order valence-corrected chi connectivity index (χ1v) is 10.7. The lowest BCUT2D eigenvalue weighted by molar-refractivity contribution is -0.149. The van der Waals surface area contributed by atoms with Gasteiger partial charge in [-0.25, -0.2) is 9.59 Å². The Bertz CT molecular complexity index is 632. The molecule has 1 aliphatic heterocycles. The topological polar surface area (TPSA) is 125 Å². The summed E-state index contributed by atoms with van der Waals surface area (Å²) < 4.78 is 10.7. The molecule has 1 rings (SSSR count). The number of aliphatic hydroxyl groups excluding tert-OH is 1. The summed E-state index contributed by atoms with van der Waals surface area (Å²) >= 11 is 0. The highest BCUT2D eigenvalue weighted by molar-refractivity contribution is 5.90. The van der Waals surface area contributed by atoms with Crippen LogP contribution in [-0.2, 0) is 19.1 Å². The number of aliphatic carboxylic acids is 1. The van der Waals surface area contributed by atoms with Gasteiger partial charge in [-0.15, -0.1) is 6.58 Å². The van der Waals surface area contributed by atoms with Crippen molar-refractivity contribution in [2.24, 2.45) is 11.8 Å². The van der Waals surface area contributed by atoms with E-state index in [2.05, 4.69) is 11.9 Å². The SMILES string of the molecule is C=CCCC(C)C[C@@H](COC)[C@H](NC(=O)OC(C)(C)C)C(=O)N1CC(O)CC1C(=O)O. The highest BCUT2D eigenvalue weighted by Gasteiger charge is 2.44. The number of hydrogen-bond donors (Lipinski definition) is 3. The predicted molar refractivity (Wildman–Crippen MR) is 115 cm³/mol. The van der Waals surface area contributed by atoms with Gasteiger partial charge in [-0.2, -0.15) is 0 Å². The molecule has 9 nitrogen and oxygen atoms in total. The lowest BCUT2D eigenvalue weighted by atomic mass is 9.87. The molecule has 0 bridgehead atoms.